The van der Waals surface area contributed by atoms with Gasteiger partial charge in [-0.3, -0.25) is 9.99 Å². The molecule has 1 aliphatic heterocycles. The summed E-state index contributed by atoms with van der Waals surface area (Å²) in [4.78, 5) is 3.78. The number of hydrogen-bond donors (Lipinski definition) is 1. The van der Waals surface area contributed by atoms with Crippen molar-refractivity contribution in [2.45, 2.75) is 0 Å². The van der Waals surface area contributed by atoms with E-state index in [0.717, 1.165) is 6.54 Å². The number of hydrazine groups is 1. The van der Waals surface area contributed by atoms with Crippen LogP contribution in [0.15, 0.2) is 73.2 Å². The molecule has 2 aromatic rings. The molecule has 0 saturated heterocycles. The number of pyridine rings is 1. The maximum atomic E-state index is 3.78. The average Bonchev–Trinajstić information content (AvgIpc) is 2.96. The van der Waals surface area contributed by atoms with Gasteiger partial charge in [-0.2, -0.15) is 0 Å². The average molecular weight is 418 g/mol. The molecule has 0 spiro atoms. The summed E-state index contributed by atoms with van der Waals surface area (Å²) in [6.45, 7) is 0.948. The van der Waals surface area contributed by atoms with E-state index >= 15 is 0 Å². The van der Waals surface area contributed by atoms with Gasteiger partial charge in [-0.25, -0.2) is 0 Å². The number of hydrogen-bond acceptors (Lipinski definition) is 3. The summed E-state index contributed by atoms with van der Waals surface area (Å²) in [5, 5.41) is 2.08. The number of aromatic nitrogens is 1. The van der Waals surface area contributed by atoms with Crippen LogP contribution in [0.2, 0.25) is 0 Å². The Morgan fingerprint density at radius 1 is 0.944 bits per heavy atom. The first-order valence-electron chi connectivity index (χ1n) is 5.55. The molecule has 95 valence electrons. The normalized spacial score (nSPS) is 11.9. The van der Waals surface area contributed by atoms with Crippen LogP contribution < -0.4 is 10.4 Å². The summed E-state index contributed by atoms with van der Waals surface area (Å²) < 4.78 is 0. The largest absolute Gasteiger partial charge is 0.306 e. The van der Waals surface area contributed by atoms with Crippen LogP contribution in [0.25, 0.3) is 0 Å². The van der Waals surface area contributed by atoms with Gasteiger partial charge < -0.3 is 5.43 Å². The zero-order valence-electron chi connectivity index (χ0n) is 9.86. The molecule has 0 aliphatic carbocycles. The number of para-hydroxylation sites is 1. The number of anilines is 1. The van der Waals surface area contributed by atoms with Crippen molar-refractivity contribution >= 4 is 5.69 Å². The third-order valence-corrected chi connectivity index (χ3v) is 2.27. The van der Waals surface area contributed by atoms with Gasteiger partial charge in [0.05, 0.1) is 12.2 Å². The van der Waals surface area contributed by atoms with Crippen LogP contribution in [0.1, 0.15) is 0 Å². The van der Waals surface area contributed by atoms with E-state index in [1.165, 1.54) is 5.69 Å². The molecule has 0 fully saturated rings. The zero-order valence-corrected chi connectivity index (χ0v) is 12.3. The van der Waals surface area contributed by atoms with Crippen molar-refractivity contribution in [3.63, 3.8) is 0 Å². The van der Waals surface area contributed by atoms with Crippen LogP contribution in [0.3, 0.4) is 0 Å². The van der Waals surface area contributed by atoms with Crippen molar-refractivity contribution in [1.29, 1.82) is 0 Å². The predicted molar refractivity (Wildman–Crippen MR) is 70.3 cm³/mol. The van der Waals surface area contributed by atoms with Gasteiger partial charge in [0.2, 0.25) is 0 Å². The third-order valence-electron chi connectivity index (χ3n) is 2.27. The Morgan fingerprint density at radius 2 is 1.61 bits per heavy atom. The van der Waals surface area contributed by atoms with Crippen LogP contribution in [0.4, 0.5) is 5.69 Å². The minimum atomic E-state index is 0. The van der Waals surface area contributed by atoms with Crippen LogP contribution in [0.5, 0.6) is 0 Å². The fourth-order valence-corrected chi connectivity index (χ4v) is 1.45. The molecule has 0 saturated carbocycles. The Hall–Kier alpha value is -1.64. The molecule has 0 bridgehead atoms. The molecule has 0 amide bonds. The second-order valence-electron chi connectivity index (χ2n) is 3.50. The minimum Gasteiger partial charge on any atom is -0.306 e. The minimum absolute atomic E-state index is 0. The second kappa shape index (κ2) is 8.45. The molecule has 4 heteroatoms. The van der Waals surface area contributed by atoms with Gasteiger partial charge in [-0.05, 0) is 30.3 Å². The van der Waals surface area contributed by atoms with E-state index in [4.69, 9.17) is 0 Å². The molecular weight excluding hydrogens is 402 g/mol. The Bertz CT molecular complexity index is 410. The van der Waals surface area contributed by atoms with E-state index in [2.05, 4.69) is 33.6 Å². The van der Waals surface area contributed by atoms with Crippen LogP contribution >= 0.6 is 0 Å². The Morgan fingerprint density at radius 3 is 2.06 bits per heavy atom. The maximum Gasteiger partial charge on any atom is 0.0592 e. The van der Waals surface area contributed by atoms with Crippen LogP contribution in [-0.4, -0.2) is 11.5 Å². The molecule has 1 radical (unpaired) electrons. The first kappa shape index (κ1) is 14.4. The maximum absolute atomic E-state index is 3.78. The van der Waals surface area contributed by atoms with Gasteiger partial charge in [-0.15, -0.1) is 0 Å². The van der Waals surface area contributed by atoms with Gasteiger partial charge in [0, 0.05) is 38.7 Å². The van der Waals surface area contributed by atoms with Crippen molar-refractivity contribution in [2.75, 3.05) is 11.6 Å². The van der Waals surface area contributed by atoms with Crippen molar-refractivity contribution in [3.05, 3.63) is 73.2 Å². The monoisotopic (exact) mass is 418 g/mol. The van der Waals surface area contributed by atoms with E-state index in [-0.39, 0.29) is 20.1 Å². The van der Waals surface area contributed by atoms with Crippen LogP contribution in [0, 0.1) is 0 Å². The molecule has 1 aromatic heterocycles. The Labute approximate surface area is 121 Å². The third kappa shape index (κ3) is 4.70. The quantitative estimate of drug-likeness (QED) is 0.773. The van der Waals surface area contributed by atoms with E-state index < -0.39 is 0 Å². The first-order valence-corrected chi connectivity index (χ1v) is 5.55. The van der Waals surface area contributed by atoms with E-state index in [1.807, 2.05) is 42.6 Å². The SMILES string of the molecule is C1=CNN(c2ccccc2)C1.[Ir].c1ccncc1. The molecular formula is C14H15IrN3. The van der Waals surface area contributed by atoms with E-state index in [1.54, 1.807) is 12.4 Å². The topological polar surface area (TPSA) is 28.2 Å². The molecule has 0 unspecified atom stereocenters. The van der Waals surface area contributed by atoms with Gasteiger partial charge in [0.25, 0.3) is 0 Å². The molecule has 0 atom stereocenters. The molecule has 1 aliphatic rings. The molecule has 3 nitrogen and oxygen atoms in total. The summed E-state index contributed by atoms with van der Waals surface area (Å²) in [5.74, 6) is 0. The number of nitrogens with zero attached hydrogens (tertiary/aromatic N) is 2. The Kier molecular flexibility index (Phi) is 6.77. The fraction of sp³-hybridized carbons (Fsp3) is 0.0714. The van der Waals surface area contributed by atoms with E-state index in [9.17, 15) is 0 Å². The summed E-state index contributed by atoms with van der Waals surface area (Å²) in [5.41, 5.74) is 4.33. The summed E-state index contributed by atoms with van der Waals surface area (Å²) >= 11 is 0. The molecule has 1 N–H and O–H groups in total. The smallest absolute Gasteiger partial charge is 0.0592 e. The summed E-state index contributed by atoms with van der Waals surface area (Å²) in [6.07, 6.45) is 7.54. The van der Waals surface area contributed by atoms with Crippen molar-refractivity contribution in [1.82, 2.24) is 10.4 Å². The molecule has 2 heterocycles. The predicted octanol–water partition coefficient (Wildman–Crippen LogP) is 2.60. The second-order valence-corrected chi connectivity index (χ2v) is 3.50. The molecule has 18 heavy (non-hydrogen) atoms. The van der Waals surface area contributed by atoms with Gasteiger partial charge in [-0.1, -0.05) is 24.3 Å². The van der Waals surface area contributed by atoms with Gasteiger partial charge in [0.1, 0.15) is 0 Å². The molecule has 1 aromatic carbocycles. The zero-order chi connectivity index (χ0) is 11.8. The number of benzene rings is 1. The van der Waals surface area contributed by atoms with Crippen LogP contribution in [-0.2, 0) is 20.1 Å². The first-order chi connectivity index (χ1) is 8.47. The number of rotatable bonds is 1. The Balaban J connectivity index is 0.000000199. The van der Waals surface area contributed by atoms with Crippen molar-refractivity contribution in [2.24, 2.45) is 0 Å². The summed E-state index contributed by atoms with van der Waals surface area (Å²) in [7, 11) is 0. The van der Waals surface area contributed by atoms with Crippen molar-refractivity contribution in [3.8, 4) is 0 Å². The van der Waals surface area contributed by atoms with E-state index in [0.29, 0.717) is 0 Å². The fourth-order valence-electron chi connectivity index (χ4n) is 1.45. The number of nitrogens with one attached hydrogen (secondary N) is 1. The van der Waals surface area contributed by atoms with Gasteiger partial charge in [0.15, 0.2) is 0 Å². The standard InChI is InChI=1S/C9H10N2.C5H5N.Ir/c1-2-5-9(6-3-1)11-8-4-7-10-11;1-2-4-6-5-3-1;/h1-7,10H,8H2;1-5H;. The van der Waals surface area contributed by atoms with Gasteiger partial charge >= 0.3 is 0 Å². The summed E-state index contributed by atoms with van der Waals surface area (Å²) in [6, 6.07) is 16.0. The van der Waals surface area contributed by atoms with Crippen molar-refractivity contribution < 1.29 is 20.1 Å². The molecule has 3 rings (SSSR count).